The predicted octanol–water partition coefficient (Wildman–Crippen LogP) is 4.80. The number of nitrogens with zero attached hydrogens (tertiary/aromatic N) is 3. The van der Waals surface area contributed by atoms with Crippen molar-refractivity contribution in [1.82, 2.24) is 15.0 Å². The molecule has 3 aromatic heterocycles. The van der Waals surface area contributed by atoms with Crippen LogP contribution in [-0.2, 0) is 24.2 Å². The highest BCUT2D eigenvalue weighted by Gasteiger charge is 2.32. The Labute approximate surface area is 185 Å². The summed E-state index contributed by atoms with van der Waals surface area (Å²) >= 11 is 3.17. The minimum atomic E-state index is -0.455. The molecular formula is C22H30N4O2S2. The van der Waals surface area contributed by atoms with Crippen molar-refractivity contribution < 1.29 is 9.84 Å². The molecule has 4 heterocycles. The van der Waals surface area contributed by atoms with Crippen LogP contribution in [0.4, 0.5) is 5.82 Å². The number of fused-ring (bicyclic) bond motifs is 5. The molecule has 0 bridgehead atoms. The maximum absolute atomic E-state index is 9.75. The first-order valence-electron chi connectivity index (χ1n) is 10.4. The van der Waals surface area contributed by atoms with E-state index >= 15 is 0 Å². The minimum absolute atomic E-state index is 0.215. The Morgan fingerprint density at radius 2 is 1.97 bits per heavy atom. The van der Waals surface area contributed by atoms with E-state index in [1.165, 1.54) is 22.9 Å². The minimum Gasteiger partial charge on any atom is -0.392 e. The summed E-state index contributed by atoms with van der Waals surface area (Å²) in [5.74, 6) is 1.30. The number of hydrogen-bond acceptors (Lipinski definition) is 8. The van der Waals surface area contributed by atoms with Gasteiger partial charge in [-0.2, -0.15) is 0 Å². The number of aliphatic hydroxyl groups is 1. The van der Waals surface area contributed by atoms with Crippen molar-refractivity contribution in [2.75, 3.05) is 18.1 Å². The normalized spacial score (nSPS) is 16.9. The topological polar surface area (TPSA) is 80.2 Å². The number of ether oxygens (including phenoxy) is 1. The first-order chi connectivity index (χ1) is 14.2. The fraction of sp³-hybridized carbons (Fsp3) is 0.591. The number of nitrogens with one attached hydrogen (secondary N) is 1. The third-order valence-corrected chi connectivity index (χ3v) is 6.93. The van der Waals surface area contributed by atoms with Gasteiger partial charge in [-0.1, -0.05) is 25.6 Å². The lowest BCUT2D eigenvalue weighted by Crippen LogP contribution is -2.33. The number of thiophene rings is 1. The van der Waals surface area contributed by atoms with Crippen LogP contribution in [0.15, 0.2) is 5.16 Å². The second-order valence-corrected chi connectivity index (χ2v) is 10.9. The molecule has 1 atom stereocenters. The monoisotopic (exact) mass is 446 g/mol. The van der Waals surface area contributed by atoms with Gasteiger partial charge in [0.05, 0.1) is 28.5 Å². The fourth-order valence-corrected chi connectivity index (χ4v) is 5.43. The lowest BCUT2D eigenvalue weighted by Gasteiger charge is -2.33. The zero-order valence-corrected chi connectivity index (χ0v) is 20.1. The Hall–Kier alpha value is -1.48. The molecule has 162 valence electrons. The van der Waals surface area contributed by atoms with Gasteiger partial charge in [0.2, 0.25) is 0 Å². The molecule has 30 heavy (non-hydrogen) atoms. The molecule has 0 saturated heterocycles. The number of aromatic nitrogens is 3. The lowest BCUT2D eigenvalue weighted by atomic mass is 9.88. The standard InChI is InChI=1S/C22H30N4O2S2/c1-11(2)7-15-14-10-28-22(4,5)8-13(14)16-17-18(30-20(16)24-15)19(23-9-12(3)27)26-21(25-17)29-6/h11-12,27H,7-10H2,1-6H3,(H,23,25,26)/t12-/m1/s1. The second kappa shape index (κ2) is 8.22. The Morgan fingerprint density at radius 1 is 1.20 bits per heavy atom. The summed E-state index contributed by atoms with van der Waals surface area (Å²) in [5, 5.41) is 14.9. The molecule has 4 rings (SSSR count). The Balaban J connectivity index is 2.01. The number of aliphatic hydroxyl groups excluding tert-OH is 1. The summed E-state index contributed by atoms with van der Waals surface area (Å²) in [6.45, 7) is 11.6. The van der Waals surface area contributed by atoms with Crippen LogP contribution in [-0.4, -0.2) is 44.6 Å². The van der Waals surface area contributed by atoms with E-state index in [1.54, 1.807) is 18.3 Å². The molecule has 8 heteroatoms. The average Bonchev–Trinajstić information content (AvgIpc) is 3.03. The zero-order chi connectivity index (χ0) is 21.6. The molecule has 0 saturated carbocycles. The molecule has 0 radical (unpaired) electrons. The van der Waals surface area contributed by atoms with Crippen molar-refractivity contribution in [3.63, 3.8) is 0 Å². The van der Waals surface area contributed by atoms with Gasteiger partial charge < -0.3 is 15.2 Å². The third-order valence-electron chi connectivity index (χ3n) is 5.30. The van der Waals surface area contributed by atoms with E-state index in [4.69, 9.17) is 14.7 Å². The van der Waals surface area contributed by atoms with Crippen LogP contribution in [0.2, 0.25) is 0 Å². The summed E-state index contributed by atoms with van der Waals surface area (Å²) in [7, 11) is 0. The smallest absolute Gasteiger partial charge is 0.189 e. The van der Waals surface area contributed by atoms with Crippen molar-refractivity contribution in [2.24, 2.45) is 5.92 Å². The van der Waals surface area contributed by atoms with Crippen molar-refractivity contribution in [2.45, 2.75) is 70.9 Å². The van der Waals surface area contributed by atoms with Crippen LogP contribution in [0.5, 0.6) is 0 Å². The highest BCUT2D eigenvalue weighted by Crippen LogP contribution is 2.43. The van der Waals surface area contributed by atoms with E-state index in [0.717, 1.165) is 49.9 Å². The summed E-state index contributed by atoms with van der Waals surface area (Å²) in [4.78, 5) is 15.7. The predicted molar refractivity (Wildman–Crippen MR) is 126 cm³/mol. The number of rotatable bonds is 6. The zero-order valence-electron chi connectivity index (χ0n) is 18.5. The lowest BCUT2D eigenvalue weighted by molar-refractivity contribution is -0.0402. The molecule has 0 aromatic carbocycles. The number of hydrogen-bond donors (Lipinski definition) is 2. The first-order valence-corrected chi connectivity index (χ1v) is 12.5. The number of anilines is 1. The Kier molecular flexibility index (Phi) is 5.96. The van der Waals surface area contributed by atoms with E-state index in [9.17, 15) is 5.11 Å². The van der Waals surface area contributed by atoms with E-state index in [2.05, 4.69) is 38.0 Å². The summed E-state index contributed by atoms with van der Waals surface area (Å²) in [5.41, 5.74) is 4.45. The summed E-state index contributed by atoms with van der Waals surface area (Å²) < 4.78 is 7.18. The van der Waals surface area contributed by atoms with Crippen molar-refractivity contribution in [3.8, 4) is 0 Å². The second-order valence-electron chi connectivity index (χ2n) is 9.09. The summed E-state index contributed by atoms with van der Waals surface area (Å²) in [6, 6.07) is 0. The molecule has 1 aliphatic rings. The van der Waals surface area contributed by atoms with Crippen LogP contribution >= 0.6 is 23.1 Å². The first kappa shape index (κ1) is 21.7. The van der Waals surface area contributed by atoms with Crippen LogP contribution in [0, 0.1) is 5.92 Å². The van der Waals surface area contributed by atoms with E-state index < -0.39 is 6.10 Å². The molecule has 0 amide bonds. The molecule has 2 N–H and O–H groups in total. The highest BCUT2D eigenvalue weighted by molar-refractivity contribution is 7.98. The number of thioether (sulfide) groups is 1. The molecule has 0 aliphatic carbocycles. The van der Waals surface area contributed by atoms with Crippen molar-refractivity contribution in [3.05, 3.63) is 16.8 Å². The van der Waals surface area contributed by atoms with Gasteiger partial charge in [-0.3, -0.25) is 0 Å². The SMILES string of the molecule is CSc1nc(NC[C@@H](C)O)c2sc3nc(CC(C)C)c4c(c3c2n1)CC(C)(C)OC4. The van der Waals surface area contributed by atoms with Crippen LogP contribution in [0.3, 0.4) is 0 Å². The van der Waals surface area contributed by atoms with Gasteiger partial charge in [0.1, 0.15) is 10.6 Å². The number of pyridine rings is 1. The van der Waals surface area contributed by atoms with Gasteiger partial charge in [0, 0.05) is 29.6 Å². The van der Waals surface area contributed by atoms with Gasteiger partial charge in [-0.05, 0) is 44.9 Å². The van der Waals surface area contributed by atoms with Gasteiger partial charge in [0.15, 0.2) is 5.16 Å². The quantitative estimate of drug-likeness (QED) is 0.416. The van der Waals surface area contributed by atoms with E-state index in [0.29, 0.717) is 19.1 Å². The van der Waals surface area contributed by atoms with Gasteiger partial charge >= 0.3 is 0 Å². The van der Waals surface area contributed by atoms with Gasteiger partial charge in [-0.15, -0.1) is 11.3 Å². The molecule has 0 spiro atoms. The van der Waals surface area contributed by atoms with Gasteiger partial charge in [-0.25, -0.2) is 15.0 Å². The van der Waals surface area contributed by atoms with E-state index in [1.807, 2.05) is 6.26 Å². The molecule has 6 nitrogen and oxygen atoms in total. The molecule has 0 unspecified atom stereocenters. The highest BCUT2D eigenvalue weighted by atomic mass is 32.2. The Bertz CT molecular complexity index is 1090. The van der Waals surface area contributed by atoms with Crippen LogP contribution < -0.4 is 5.32 Å². The van der Waals surface area contributed by atoms with Crippen LogP contribution in [0.1, 0.15) is 51.4 Å². The molecule has 1 aliphatic heterocycles. The van der Waals surface area contributed by atoms with E-state index in [-0.39, 0.29) is 5.60 Å². The largest absolute Gasteiger partial charge is 0.392 e. The Morgan fingerprint density at radius 3 is 2.63 bits per heavy atom. The van der Waals surface area contributed by atoms with Crippen molar-refractivity contribution >= 4 is 49.3 Å². The molecular weight excluding hydrogens is 416 g/mol. The third kappa shape index (κ3) is 4.15. The maximum Gasteiger partial charge on any atom is 0.189 e. The average molecular weight is 447 g/mol. The van der Waals surface area contributed by atoms with Crippen LogP contribution in [0.25, 0.3) is 20.4 Å². The fourth-order valence-electron chi connectivity index (χ4n) is 3.93. The van der Waals surface area contributed by atoms with Crippen molar-refractivity contribution in [1.29, 1.82) is 0 Å². The molecule has 0 fully saturated rings. The molecule has 3 aromatic rings. The summed E-state index contributed by atoms with van der Waals surface area (Å²) in [6.07, 6.45) is 3.31. The maximum atomic E-state index is 9.75. The van der Waals surface area contributed by atoms with Gasteiger partial charge in [0.25, 0.3) is 0 Å².